The van der Waals surface area contributed by atoms with E-state index in [0.29, 0.717) is 17.5 Å². The number of hydrogen-bond acceptors (Lipinski definition) is 1. The molecule has 0 saturated heterocycles. The largest absolute Gasteiger partial charge is 0.307 e. The van der Waals surface area contributed by atoms with Crippen LogP contribution in [0.4, 0.5) is 0 Å². The lowest BCUT2D eigenvalue weighted by molar-refractivity contribution is 0.350. The molecule has 2 rings (SSSR count). The van der Waals surface area contributed by atoms with Crippen LogP contribution in [0, 0.1) is 5.41 Å². The van der Waals surface area contributed by atoms with Crippen molar-refractivity contribution in [2.75, 3.05) is 0 Å². The van der Waals surface area contributed by atoms with Gasteiger partial charge in [-0.05, 0) is 49.8 Å². The molecule has 1 aromatic rings. The summed E-state index contributed by atoms with van der Waals surface area (Å²) in [7, 11) is 0. The second kappa shape index (κ2) is 4.50. The Bertz CT molecular complexity index is 371. The zero-order valence-electron chi connectivity index (χ0n) is 10.3. The van der Waals surface area contributed by atoms with E-state index >= 15 is 0 Å². The van der Waals surface area contributed by atoms with Gasteiger partial charge in [0.05, 0.1) is 0 Å². The van der Waals surface area contributed by atoms with E-state index in [2.05, 4.69) is 66.3 Å². The van der Waals surface area contributed by atoms with Crippen molar-refractivity contribution in [1.29, 1.82) is 0 Å². The molecule has 1 nitrogen and oxygen atoms in total. The van der Waals surface area contributed by atoms with Crippen molar-refractivity contribution in [2.45, 2.75) is 45.7 Å². The normalized spacial score (nSPS) is 21.5. The second-order valence-electron chi connectivity index (χ2n) is 5.32. The summed E-state index contributed by atoms with van der Waals surface area (Å²) in [5.74, 6) is 0. The molecule has 2 atom stereocenters. The zero-order chi connectivity index (χ0) is 11.8. The number of hydrogen-bond donors (Lipinski definition) is 1. The average molecular weight is 282 g/mol. The number of benzene rings is 1. The maximum absolute atomic E-state index is 3.70. The molecule has 1 aromatic carbocycles. The SMILES string of the molecule is CC(N[C@H](C)c1cccc(Br)c1)C1(C)CC1. The molecule has 0 aliphatic heterocycles. The number of nitrogens with one attached hydrogen (secondary N) is 1. The highest BCUT2D eigenvalue weighted by molar-refractivity contribution is 9.10. The molecule has 1 unspecified atom stereocenters. The van der Waals surface area contributed by atoms with Crippen LogP contribution in [0.5, 0.6) is 0 Å². The van der Waals surface area contributed by atoms with Gasteiger partial charge in [0.2, 0.25) is 0 Å². The third kappa shape index (κ3) is 2.67. The maximum Gasteiger partial charge on any atom is 0.0294 e. The Morgan fingerprint density at radius 3 is 2.56 bits per heavy atom. The van der Waals surface area contributed by atoms with Crippen LogP contribution in [0.25, 0.3) is 0 Å². The molecule has 1 saturated carbocycles. The third-order valence-electron chi connectivity index (χ3n) is 3.93. The fraction of sp³-hybridized carbons (Fsp3) is 0.571. The first-order valence-electron chi connectivity index (χ1n) is 6.03. The minimum atomic E-state index is 0.421. The minimum absolute atomic E-state index is 0.421. The van der Waals surface area contributed by atoms with Crippen molar-refractivity contribution in [3.05, 3.63) is 34.3 Å². The average Bonchev–Trinajstić information content (AvgIpc) is 2.98. The Morgan fingerprint density at radius 2 is 2.00 bits per heavy atom. The molecule has 0 spiro atoms. The fourth-order valence-corrected chi connectivity index (χ4v) is 2.50. The van der Waals surface area contributed by atoms with Crippen LogP contribution in [0.3, 0.4) is 0 Å². The summed E-state index contributed by atoms with van der Waals surface area (Å²) in [6, 6.07) is 9.57. The summed E-state index contributed by atoms with van der Waals surface area (Å²) in [6.07, 6.45) is 2.73. The van der Waals surface area contributed by atoms with Crippen molar-refractivity contribution < 1.29 is 0 Å². The fourth-order valence-electron chi connectivity index (χ4n) is 2.08. The number of halogens is 1. The van der Waals surface area contributed by atoms with Gasteiger partial charge in [0.25, 0.3) is 0 Å². The molecule has 88 valence electrons. The summed E-state index contributed by atoms with van der Waals surface area (Å²) in [5.41, 5.74) is 1.89. The quantitative estimate of drug-likeness (QED) is 0.868. The summed E-state index contributed by atoms with van der Waals surface area (Å²) >= 11 is 3.52. The standard InChI is InChI=1S/C14H20BrN/c1-10(12-5-4-6-13(15)9-12)16-11(2)14(3)7-8-14/h4-6,9-11,16H,7-8H2,1-3H3/t10-,11?/m1/s1. The van der Waals surface area contributed by atoms with Gasteiger partial charge in [0.1, 0.15) is 0 Å². The van der Waals surface area contributed by atoms with E-state index in [4.69, 9.17) is 0 Å². The predicted octanol–water partition coefficient (Wildman–Crippen LogP) is 4.29. The van der Waals surface area contributed by atoms with E-state index in [9.17, 15) is 0 Å². The molecular formula is C14H20BrN. The molecule has 0 heterocycles. The summed E-state index contributed by atoms with van der Waals surface area (Å²) < 4.78 is 1.16. The van der Waals surface area contributed by atoms with Crippen molar-refractivity contribution in [2.24, 2.45) is 5.41 Å². The monoisotopic (exact) mass is 281 g/mol. The molecule has 1 N–H and O–H groups in total. The van der Waals surface area contributed by atoms with Gasteiger partial charge >= 0.3 is 0 Å². The van der Waals surface area contributed by atoms with Gasteiger partial charge in [-0.15, -0.1) is 0 Å². The summed E-state index contributed by atoms with van der Waals surface area (Å²) in [6.45, 7) is 6.92. The molecule has 2 heteroatoms. The minimum Gasteiger partial charge on any atom is -0.307 e. The van der Waals surface area contributed by atoms with Crippen molar-refractivity contribution in [3.8, 4) is 0 Å². The molecule has 0 bridgehead atoms. The van der Waals surface area contributed by atoms with Crippen LogP contribution in [0.1, 0.15) is 45.2 Å². The summed E-state index contributed by atoms with van der Waals surface area (Å²) in [4.78, 5) is 0. The lowest BCUT2D eigenvalue weighted by atomic mass is 9.98. The Hall–Kier alpha value is -0.340. The first-order valence-corrected chi connectivity index (χ1v) is 6.82. The van der Waals surface area contributed by atoms with Gasteiger partial charge in [0, 0.05) is 16.6 Å². The van der Waals surface area contributed by atoms with Gasteiger partial charge in [-0.3, -0.25) is 0 Å². The zero-order valence-corrected chi connectivity index (χ0v) is 11.8. The Balaban J connectivity index is 2.00. The highest BCUT2D eigenvalue weighted by Crippen LogP contribution is 2.48. The van der Waals surface area contributed by atoms with Crippen LogP contribution < -0.4 is 5.32 Å². The van der Waals surface area contributed by atoms with E-state index in [1.807, 2.05) is 0 Å². The van der Waals surface area contributed by atoms with Crippen LogP contribution in [0.15, 0.2) is 28.7 Å². The molecule has 1 aliphatic rings. The van der Waals surface area contributed by atoms with Gasteiger partial charge in [-0.2, -0.15) is 0 Å². The third-order valence-corrected chi connectivity index (χ3v) is 4.43. The first kappa shape index (κ1) is 12.1. The smallest absolute Gasteiger partial charge is 0.0294 e. The topological polar surface area (TPSA) is 12.0 Å². The summed E-state index contributed by atoms with van der Waals surface area (Å²) in [5, 5.41) is 3.70. The van der Waals surface area contributed by atoms with E-state index in [0.717, 1.165) is 4.47 Å². The van der Waals surface area contributed by atoms with Gasteiger partial charge in [-0.1, -0.05) is 35.0 Å². The van der Waals surface area contributed by atoms with Crippen molar-refractivity contribution in [3.63, 3.8) is 0 Å². The Labute approximate surface area is 107 Å². The van der Waals surface area contributed by atoms with E-state index in [1.54, 1.807) is 0 Å². The Morgan fingerprint density at radius 1 is 1.31 bits per heavy atom. The van der Waals surface area contributed by atoms with E-state index in [1.165, 1.54) is 18.4 Å². The highest BCUT2D eigenvalue weighted by Gasteiger charge is 2.42. The predicted molar refractivity (Wildman–Crippen MR) is 72.5 cm³/mol. The lowest BCUT2D eigenvalue weighted by Crippen LogP contribution is -2.35. The van der Waals surface area contributed by atoms with Crippen LogP contribution in [-0.4, -0.2) is 6.04 Å². The van der Waals surface area contributed by atoms with Gasteiger partial charge in [0.15, 0.2) is 0 Å². The highest BCUT2D eigenvalue weighted by atomic mass is 79.9. The van der Waals surface area contributed by atoms with E-state index in [-0.39, 0.29) is 0 Å². The van der Waals surface area contributed by atoms with Crippen LogP contribution in [0.2, 0.25) is 0 Å². The van der Waals surface area contributed by atoms with E-state index < -0.39 is 0 Å². The van der Waals surface area contributed by atoms with Crippen LogP contribution >= 0.6 is 15.9 Å². The molecular weight excluding hydrogens is 262 g/mol. The van der Waals surface area contributed by atoms with Crippen molar-refractivity contribution in [1.82, 2.24) is 5.32 Å². The van der Waals surface area contributed by atoms with Crippen LogP contribution in [-0.2, 0) is 0 Å². The number of rotatable bonds is 4. The maximum atomic E-state index is 3.70. The molecule has 1 fully saturated rings. The molecule has 0 amide bonds. The molecule has 0 radical (unpaired) electrons. The Kier molecular flexibility index (Phi) is 3.41. The van der Waals surface area contributed by atoms with Gasteiger partial charge in [-0.25, -0.2) is 0 Å². The molecule has 0 aromatic heterocycles. The van der Waals surface area contributed by atoms with Crippen molar-refractivity contribution >= 4 is 15.9 Å². The lowest BCUT2D eigenvalue weighted by Gasteiger charge is -2.25. The van der Waals surface area contributed by atoms with Gasteiger partial charge < -0.3 is 5.32 Å². The molecule has 16 heavy (non-hydrogen) atoms. The molecule has 1 aliphatic carbocycles. The second-order valence-corrected chi connectivity index (χ2v) is 6.23. The first-order chi connectivity index (χ1) is 7.51.